The highest BCUT2D eigenvalue weighted by Gasteiger charge is 2.55. The van der Waals surface area contributed by atoms with Crippen LogP contribution in [0.15, 0.2) is 11.7 Å². The number of nitrogen functional groups attached to an aromatic ring is 1. The Hall–Kier alpha value is -2.40. The minimum Gasteiger partial charge on any atom is -0.463 e. The van der Waals surface area contributed by atoms with Crippen LogP contribution in [0, 0.1) is 0 Å². The second-order valence-corrected chi connectivity index (χ2v) is 16.2. The van der Waals surface area contributed by atoms with Gasteiger partial charge in [0.2, 0.25) is 6.29 Å². The van der Waals surface area contributed by atoms with Crippen molar-refractivity contribution < 1.29 is 79.3 Å². The molecule has 0 aliphatic carbocycles. The highest BCUT2D eigenvalue weighted by Crippen LogP contribution is 2.66. The van der Waals surface area contributed by atoms with Crippen LogP contribution in [-0.4, -0.2) is 113 Å². The molecule has 280 valence electrons. The number of nitrogens with one attached hydrogen (secondary N) is 1. The van der Waals surface area contributed by atoms with Crippen LogP contribution in [0.5, 0.6) is 0 Å². The number of aromatic nitrogens is 2. The van der Waals surface area contributed by atoms with Gasteiger partial charge in [0.05, 0.1) is 22.9 Å². The quantitative estimate of drug-likeness (QED) is 0.0788. The van der Waals surface area contributed by atoms with E-state index in [2.05, 4.69) is 36.6 Å². The Morgan fingerprint density at radius 3 is 2.42 bits per heavy atom. The lowest BCUT2D eigenvalue weighted by Gasteiger charge is -2.43. The van der Waals surface area contributed by atoms with Crippen molar-refractivity contribution in [2.75, 3.05) is 26.0 Å². The molecule has 2 saturated heterocycles. The van der Waals surface area contributed by atoms with Crippen molar-refractivity contribution in [1.29, 1.82) is 0 Å². The van der Waals surface area contributed by atoms with E-state index >= 15 is 8.78 Å². The van der Waals surface area contributed by atoms with Crippen molar-refractivity contribution in [2.45, 2.75) is 82.1 Å². The molecule has 0 radical (unpaired) electrons. The number of halogens is 2. The third kappa shape index (κ3) is 9.72. The molecule has 25 heteroatoms. The molecule has 5 N–H and O–H groups in total. The van der Waals surface area contributed by atoms with E-state index in [0.717, 1.165) is 20.8 Å². The third-order valence-corrected chi connectivity index (χ3v) is 11.8. The molecule has 50 heavy (non-hydrogen) atoms. The number of anilines is 1. The number of thiophene rings is 1. The Bertz CT molecular complexity index is 1660. The Morgan fingerprint density at radius 1 is 1.14 bits per heavy atom. The average molecular weight is 795 g/mol. The lowest BCUT2D eigenvalue weighted by atomic mass is 9.95. The minimum atomic E-state index is -5.68. The predicted octanol–water partition coefficient (Wildman–Crippen LogP) is 1.68. The topological polar surface area (TPSA) is 263 Å². The van der Waals surface area contributed by atoms with Crippen LogP contribution >= 0.6 is 38.2 Å². The summed E-state index contributed by atoms with van der Waals surface area (Å²) in [5.41, 5.74) is 6.61. The maximum absolute atomic E-state index is 15.6. The SMILES string of the molecule is CN[C@H]1[C@@H](F)[C@H](c2csc3c(N)ncnc23)O[C@@H]1COP(=O)(S)OP(=O)(O)OC1OC([C@@H](F)COC(C)=O)C(O)C(OC(C)=O)C1OC(C)=O. The zero-order valence-corrected chi connectivity index (χ0v) is 30.0. The molecule has 7 unspecified atom stereocenters. The standard InChI is InChI=1S/C25H34F2N4O15P2S2/c1-9(32)39-5-13(26)20-18(35)21(41-10(2)33)22(42-11(3)34)25(44-20)45-47(36,37)46-48(38,49)40-6-14-17(29-4)15(27)19(43-14)12-7-50-23-16(12)30-8-31-24(23)28/h7-8,13-15,17-22,25,29,35H,5-6H2,1-4H3,(H,36,37)(H,38,49)(H2,28,30,31)/t13-,14+,15+,17+,18?,19-,20?,21?,22?,25?,48?/m0/s1. The zero-order valence-electron chi connectivity index (χ0n) is 26.5. The number of aliphatic hydroxyl groups excluding tert-OH is 1. The van der Waals surface area contributed by atoms with E-state index in [4.69, 9.17) is 33.7 Å². The molecule has 2 aliphatic rings. The van der Waals surface area contributed by atoms with Gasteiger partial charge in [0.1, 0.15) is 49.3 Å². The first-order chi connectivity index (χ1) is 23.3. The summed E-state index contributed by atoms with van der Waals surface area (Å²) < 4.78 is 97.8. The highest BCUT2D eigenvalue weighted by atomic mass is 32.7. The molecule has 12 atom stereocenters. The van der Waals surface area contributed by atoms with Crippen molar-refractivity contribution in [2.24, 2.45) is 0 Å². The Labute approximate surface area is 291 Å². The van der Waals surface area contributed by atoms with Gasteiger partial charge in [-0.05, 0) is 12.4 Å². The maximum atomic E-state index is 15.6. The number of ether oxygens (including phenoxy) is 5. The van der Waals surface area contributed by atoms with Gasteiger partial charge in [-0.15, -0.1) is 11.3 Å². The number of hydrogen-bond donors (Lipinski definition) is 5. The number of nitrogens with zero attached hydrogens (tertiary/aromatic N) is 2. The summed E-state index contributed by atoms with van der Waals surface area (Å²) in [7, 11) is -4.25. The van der Waals surface area contributed by atoms with Crippen molar-refractivity contribution >= 4 is 72.1 Å². The molecule has 2 aromatic heterocycles. The molecule has 0 bridgehead atoms. The summed E-state index contributed by atoms with van der Waals surface area (Å²) in [5.74, 6) is -2.87. The molecule has 0 saturated carbocycles. The number of phosphoric acid groups is 1. The molecular formula is C25H34F2N4O15P2S2. The monoisotopic (exact) mass is 794 g/mol. The van der Waals surface area contributed by atoms with Gasteiger partial charge in [-0.2, -0.15) is 4.31 Å². The van der Waals surface area contributed by atoms with Gasteiger partial charge in [-0.3, -0.25) is 23.4 Å². The van der Waals surface area contributed by atoms with E-state index < -0.39 is 107 Å². The van der Waals surface area contributed by atoms with Crippen molar-refractivity contribution in [1.82, 2.24) is 15.3 Å². The van der Waals surface area contributed by atoms with Crippen molar-refractivity contribution in [3.05, 3.63) is 17.3 Å². The van der Waals surface area contributed by atoms with Gasteiger partial charge < -0.3 is 44.7 Å². The summed E-state index contributed by atoms with van der Waals surface area (Å²) in [5, 5.41) is 15.1. The van der Waals surface area contributed by atoms with Crippen LogP contribution in [0.3, 0.4) is 0 Å². The minimum absolute atomic E-state index is 0.187. The van der Waals surface area contributed by atoms with Gasteiger partial charge in [0, 0.05) is 26.3 Å². The second-order valence-electron chi connectivity index (χ2n) is 10.8. The zero-order chi connectivity index (χ0) is 37.1. The lowest BCUT2D eigenvalue weighted by molar-refractivity contribution is -0.293. The number of likely N-dealkylation sites (N-methyl/N-ethyl adjacent to an activating group) is 1. The van der Waals surface area contributed by atoms with Gasteiger partial charge >= 0.3 is 32.5 Å². The number of alkyl halides is 2. The molecule has 19 nitrogen and oxygen atoms in total. The molecule has 0 aromatic carbocycles. The van der Waals surface area contributed by atoms with E-state index in [-0.39, 0.29) is 5.82 Å². The van der Waals surface area contributed by atoms with Crippen LogP contribution in [-0.2, 0) is 60.6 Å². The number of carbonyl (C=O) groups excluding carboxylic acids is 3. The number of esters is 3. The average Bonchev–Trinajstić information content (AvgIpc) is 3.57. The van der Waals surface area contributed by atoms with Crippen LogP contribution in [0.2, 0.25) is 0 Å². The Morgan fingerprint density at radius 2 is 1.80 bits per heavy atom. The highest BCUT2D eigenvalue weighted by molar-refractivity contribution is 8.45. The fraction of sp³-hybridized carbons (Fsp3) is 0.640. The number of hydrogen-bond acceptors (Lipinski definition) is 19. The van der Waals surface area contributed by atoms with Gasteiger partial charge in [-0.1, -0.05) is 12.2 Å². The fourth-order valence-corrected chi connectivity index (χ4v) is 9.33. The fourth-order valence-electron chi connectivity index (χ4n) is 5.20. The first-order valence-electron chi connectivity index (χ1n) is 14.4. The summed E-state index contributed by atoms with van der Waals surface area (Å²) in [6.45, 7) is -3.86. The first kappa shape index (κ1) is 40.4. The van der Waals surface area contributed by atoms with E-state index in [1.807, 2.05) is 0 Å². The first-order valence-corrected chi connectivity index (χ1v) is 19.5. The van der Waals surface area contributed by atoms with E-state index in [1.54, 1.807) is 5.38 Å². The number of phosphoric ester groups is 1. The number of rotatable bonds is 14. The summed E-state index contributed by atoms with van der Waals surface area (Å²) in [6.07, 6.45) is -15.7. The van der Waals surface area contributed by atoms with Crippen LogP contribution in [0.4, 0.5) is 14.6 Å². The second kappa shape index (κ2) is 16.5. The maximum Gasteiger partial charge on any atom is 0.482 e. The third-order valence-electron chi connectivity index (χ3n) is 7.21. The molecule has 2 aliphatic heterocycles. The summed E-state index contributed by atoms with van der Waals surface area (Å²) in [6, 6.07) is -1.05. The molecule has 4 heterocycles. The Balaban J connectivity index is 1.49. The molecule has 4 rings (SSSR count). The van der Waals surface area contributed by atoms with E-state index in [1.165, 1.54) is 24.7 Å². The molecule has 0 amide bonds. The number of thiol groups is 1. The summed E-state index contributed by atoms with van der Waals surface area (Å²) >= 11 is 4.88. The predicted molar refractivity (Wildman–Crippen MR) is 169 cm³/mol. The van der Waals surface area contributed by atoms with Gasteiger partial charge in [0.15, 0.2) is 18.4 Å². The number of nitrogens with two attached hydrogens (primary N) is 1. The van der Waals surface area contributed by atoms with Gasteiger partial charge in [-0.25, -0.2) is 27.9 Å². The number of aliphatic hydroxyl groups is 1. The molecule has 2 aromatic rings. The number of carbonyl (C=O) groups is 3. The van der Waals surface area contributed by atoms with Crippen LogP contribution in [0.1, 0.15) is 32.4 Å². The smallest absolute Gasteiger partial charge is 0.463 e. The van der Waals surface area contributed by atoms with E-state index in [9.17, 15) is 33.5 Å². The largest absolute Gasteiger partial charge is 0.482 e. The molecule has 2 fully saturated rings. The van der Waals surface area contributed by atoms with E-state index in [0.29, 0.717) is 15.8 Å². The summed E-state index contributed by atoms with van der Waals surface area (Å²) in [4.78, 5) is 53.5. The molecule has 0 spiro atoms. The van der Waals surface area contributed by atoms with Crippen LogP contribution < -0.4 is 11.1 Å². The number of fused-ring (bicyclic) bond motifs is 1. The molecular weight excluding hydrogens is 760 g/mol. The van der Waals surface area contributed by atoms with Gasteiger partial charge in [0.25, 0.3) is 0 Å². The Kier molecular flexibility index (Phi) is 13.3. The van der Waals surface area contributed by atoms with Crippen molar-refractivity contribution in [3.63, 3.8) is 0 Å². The van der Waals surface area contributed by atoms with Crippen molar-refractivity contribution in [3.8, 4) is 0 Å². The van der Waals surface area contributed by atoms with Crippen LogP contribution in [0.25, 0.3) is 10.2 Å². The lowest BCUT2D eigenvalue weighted by Crippen LogP contribution is -2.63. The normalized spacial score (nSPS) is 31.3.